The molecule has 0 aliphatic rings. The van der Waals surface area contributed by atoms with Crippen LogP contribution in [0.1, 0.15) is 5.56 Å². The molecule has 0 bridgehead atoms. The zero-order chi connectivity index (χ0) is 13.0. The molecule has 2 rings (SSSR count). The molecule has 6 heteroatoms. The van der Waals surface area contributed by atoms with E-state index in [2.05, 4.69) is 16.0 Å². The van der Waals surface area contributed by atoms with Crippen molar-refractivity contribution in [3.05, 3.63) is 41.3 Å². The first kappa shape index (κ1) is 12.1. The van der Waals surface area contributed by atoms with Crippen LogP contribution in [0, 0.1) is 11.3 Å². The summed E-state index contributed by atoms with van der Waals surface area (Å²) in [7, 11) is 0. The third-order valence-corrected chi connectivity index (χ3v) is 2.52. The summed E-state index contributed by atoms with van der Waals surface area (Å²) in [6.45, 7) is 0. The Morgan fingerprint density at radius 2 is 2.00 bits per heavy atom. The van der Waals surface area contributed by atoms with Gasteiger partial charge in [-0.1, -0.05) is 23.7 Å². The lowest BCUT2D eigenvalue weighted by atomic mass is 10.2. The molecule has 0 atom stereocenters. The number of hydrogen-bond acceptors (Lipinski definition) is 5. The van der Waals surface area contributed by atoms with E-state index in [1.807, 2.05) is 0 Å². The van der Waals surface area contributed by atoms with Crippen molar-refractivity contribution in [3.8, 4) is 17.7 Å². The first-order valence-electron chi connectivity index (χ1n) is 5.10. The van der Waals surface area contributed by atoms with Crippen LogP contribution in [0.5, 0.6) is 11.6 Å². The predicted molar refractivity (Wildman–Crippen MR) is 67.3 cm³/mol. The number of benzene rings is 1. The highest BCUT2D eigenvalue weighted by Crippen LogP contribution is 2.28. The van der Waals surface area contributed by atoms with Gasteiger partial charge in [0, 0.05) is 0 Å². The second-order valence-corrected chi connectivity index (χ2v) is 3.82. The van der Waals surface area contributed by atoms with Gasteiger partial charge in [0.25, 0.3) is 0 Å². The lowest BCUT2D eigenvalue weighted by molar-refractivity contribution is 0.464. The molecule has 0 aliphatic heterocycles. The predicted octanol–water partition coefficient (Wildman–Crippen LogP) is 2.57. The Kier molecular flexibility index (Phi) is 3.60. The van der Waals surface area contributed by atoms with Gasteiger partial charge in [-0.25, -0.2) is 4.98 Å². The summed E-state index contributed by atoms with van der Waals surface area (Å²) in [5, 5.41) is 8.72. The summed E-state index contributed by atoms with van der Waals surface area (Å²) in [6, 6.07) is 9.15. The van der Waals surface area contributed by atoms with Crippen molar-refractivity contribution in [2.24, 2.45) is 0 Å². The number of anilines is 1. The zero-order valence-electron chi connectivity index (χ0n) is 9.30. The zero-order valence-corrected chi connectivity index (χ0v) is 10.1. The third kappa shape index (κ3) is 2.67. The minimum Gasteiger partial charge on any atom is -0.437 e. The van der Waals surface area contributed by atoms with Crippen LogP contribution in [0.2, 0.25) is 5.15 Å². The van der Waals surface area contributed by atoms with E-state index in [4.69, 9.17) is 27.3 Å². The maximum Gasteiger partial charge on any atom is 0.247 e. The van der Waals surface area contributed by atoms with Gasteiger partial charge in [-0.2, -0.15) is 10.2 Å². The van der Waals surface area contributed by atoms with Crippen molar-refractivity contribution < 1.29 is 4.74 Å². The molecule has 18 heavy (non-hydrogen) atoms. The van der Waals surface area contributed by atoms with Crippen molar-refractivity contribution in [1.82, 2.24) is 9.97 Å². The van der Waals surface area contributed by atoms with Crippen LogP contribution < -0.4 is 10.5 Å². The van der Waals surface area contributed by atoms with E-state index in [9.17, 15) is 0 Å². The molecule has 0 fully saturated rings. The normalized spacial score (nSPS) is 9.78. The Labute approximate surface area is 109 Å². The number of ether oxygens (including phenoxy) is 1. The molecule has 0 saturated heterocycles. The average Bonchev–Trinajstić information content (AvgIpc) is 2.38. The second-order valence-electron chi connectivity index (χ2n) is 3.46. The number of nitriles is 1. The van der Waals surface area contributed by atoms with Gasteiger partial charge in [0.2, 0.25) is 5.88 Å². The van der Waals surface area contributed by atoms with Crippen LogP contribution in [0.15, 0.2) is 30.6 Å². The fourth-order valence-corrected chi connectivity index (χ4v) is 1.44. The van der Waals surface area contributed by atoms with E-state index in [1.165, 1.54) is 6.33 Å². The molecule has 1 aromatic heterocycles. The maximum absolute atomic E-state index is 8.56. The third-order valence-electron chi connectivity index (χ3n) is 2.22. The molecular weight excluding hydrogens is 252 g/mol. The average molecular weight is 261 g/mol. The van der Waals surface area contributed by atoms with E-state index in [0.717, 1.165) is 5.56 Å². The van der Waals surface area contributed by atoms with Gasteiger partial charge in [-0.3, -0.25) is 0 Å². The number of halogens is 1. The van der Waals surface area contributed by atoms with Crippen molar-refractivity contribution in [2.75, 3.05) is 5.73 Å². The minimum absolute atomic E-state index is 0.154. The van der Waals surface area contributed by atoms with Crippen LogP contribution in [0.3, 0.4) is 0 Å². The number of aromatic nitrogens is 2. The summed E-state index contributed by atoms with van der Waals surface area (Å²) < 4.78 is 5.48. The standard InChI is InChI=1S/C12H9ClN4O/c13-11-10(15)12(17-7-16-11)18-9-3-1-8(2-4-9)5-6-14/h1-4,7H,5,15H2. The Bertz CT molecular complexity index is 592. The lowest BCUT2D eigenvalue weighted by Crippen LogP contribution is -1.97. The molecular formula is C12H9ClN4O. The molecule has 0 saturated carbocycles. The van der Waals surface area contributed by atoms with Gasteiger partial charge in [-0.15, -0.1) is 0 Å². The van der Waals surface area contributed by atoms with Gasteiger partial charge in [0.05, 0.1) is 12.5 Å². The highest BCUT2D eigenvalue weighted by molar-refractivity contribution is 6.32. The van der Waals surface area contributed by atoms with Crippen molar-refractivity contribution >= 4 is 17.3 Å². The number of nitrogen functional groups attached to an aromatic ring is 1. The summed E-state index contributed by atoms with van der Waals surface area (Å²) in [4.78, 5) is 7.63. The van der Waals surface area contributed by atoms with E-state index in [0.29, 0.717) is 12.2 Å². The van der Waals surface area contributed by atoms with Crippen LogP contribution in [0.25, 0.3) is 0 Å². The quantitative estimate of drug-likeness (QED) is 0.858. The molecule has 5 nitrogen and oxygen atoms in total. The fraction of sp³-hybridized carbons (Fsp3) is 0.0833. The minimum atomic E-state index is 0.154. The van der Waals surface area contributed by atoms with E-state index in [1.54, 1.807) is 24.3 Å². The Morgan fingerprint density at radius 1 is 1.28 bits per heavy atom. The summed E-state index contributed by atoms with van der Waals surface area (Å²) >= 11 is 5.75. The molecule has 2 aromatic rings. The molecule has 0 radical (unpaired) electrons. The molecule has 90 valence electrons. The largest absolute Gasteiger partial charge is 0.437 e. The Morgan fingerprint density at radius 3 is 2.67 bits per heavy atom. The van der Waals surface area contributed by atoms with Crippen LogP contribution in [0.4, 0.5) is 5.69 Å². The molecule has 1 aromatic carbocycles. The van der Waals surface area contributed by atoms with Gasteiger partial charge < -0.3 is 10.5 Å². The summed E-state index contributed by atoms with van der Waals surface area (Å²) in [6.07, 6.45) is 1.64. The number of nitrogens with two attached hydrogens (primary N) is 1. The highest BCUT2D eigenvalue weighted by Gasteiger charge is 2.08. The second kappa shape index (κ2) is 5.34. The SMILES string of the molecule is N#CCc1ccc(Oc2ncnc(Cl)c2N)cc1. The molecule has 0 spiro atoms. The molecule has 1 heterocycles. The van der Waals surface area contributed by atoms with Crippen LogP contribution in [-0.2, 0) is 6.42 Å². The Balaban J connectivity index is 2.19. The van der Waals surface area contributed by atoms with Gasteiger partial charge >= 0.3 is 0 Å². The van der Waals surface area contributed by atoms with Crippen molar-refractivity contribution in [2.45, 2.75) is 6.42 Å². The van der Waals surface area contributed by atoms with Crippen LogP contribution >= 0.6 is 11.6 Å². The van der Waals surface area contributed by atoms with Gasteiger partial charge in [-0.05, 0) is 17.7 Å². The smallest absolute Gasteiger partial charge is 0.247 e. The first-order valence-corrected chi connectivity index (χ1v) is 5.48. The number of rotatable bonds is 3. The van der Waals surface area contributed by atoms with E-state index >= 15 is 0 Å². The molecule has 0 amide bonds. The highest BCUT2D eigenvalue weighted by atomic mass is 35.5. The first-order chi connectivity index (χ1) is 8.70. The number of hydrogen-bond donors (Lipinski definition) is 1. The maximum atomic E-state index is 8.56. The van der Waals surface area contributed by atoms with Crippen LogP contribution in [-0.4, -0.2) is 9.97 Å². The number of nitrogens with zero attached hydrogens (tertiary/aromatic N) is 3. The topological polar surface area (TPSA) is 84.8 Å². The fourth-order valence-electron chi connectivity index (χ4n) is 1.32. The molecule has 2 N–H and O–H groups in total. The van der Waals surface area contributed by atoms with Crippen molar-refractivity contribution in [1.29, 1.82) is 5.26 Å². The lowest BCUT2D eigenvalue weighted by Gasteiger charge is -2.07. The summed E-state index contributed by atoms with van der Waals surface area (Å²) in [5.41, 5.74) is 6.79. The van der Waals surface area contributed by atoms with Gasteiger partial charge in [0.1, 0.15) is 17.8 Å². The Hall–Kier alpha value is -2.32. The molecule has 0 unspecified atom stereocenters. The van der Waals surface area contributed by atoms with Gasteiger partial charge in [0.15, 0.2) is 5.15 Å². The monoisotopic (exact) mass is 260 g/mol. The molecule has 0 aliphatic carbocycles. The summed E-state index contributed by atoms with van der Waals surface area (Å²) in [5.74, 6) is 0.779. The van der Waals surface area contributed by atoms with Crippen molar-refractivity contribution in [3.63, 3.8) is 0 Å². The van der Waals surface area contributed by atoms with E-state index < -0.39 is 0 Å². The van der Waals surface area contributed by atoms with E-state index in [-0.39, 0.29) is 16.7 Å².